The minimum atomic E-state index is -0.838. The van der Waals surface area contributed by atoms with E-state index in [1.807, 2.05) is 24.3 Å². The van der Waals surface area contributed by atoms with Crippen molar-refractivity contribution in [3.05, 3.63) is 29.8 Å². The number of carbonyl (C=O) groups excluding carboxylic acids is 2. The average molecular weight is 371 g/mol. The highest BCUT2D eigenvalue weighted by molar-refractivity contribution is 6.07. The topological polar surface area (TPSA) is 70.7 Å². The largest absolute Gasteiger partial charge is 0.497 e. The van der Waals surface area contributed by atoms with E-state index in [0.29, 0.717) is 18.9 Å². The Morgan fingerprint density at radius 1 is 1.19 bits per heavy atom. The molecule has 2 aliphatic heterocycles. The fourth-order valence-corrected chi connectivity index (χ4v) is 4.70. The Morgan fingerprint density at radius 3 is 2.63 bits per heavy atom. The molecule has 27 heavy (non-hydrogen) atoms. The first-order chi connectivity index (χ1) is 13.1. The fourth-order valence-electron chi connectivity index (χ4n) is 4.70. The van der Waals surface area contributed by atoms with Crippen LogP contribution in [0.5, 0.6) is 5.75 Å². The van der Waals surface area contributed by atoms with Crippen molar-refractivity contribution in [3.63, 3.8) is 0 Å². The van der Waals surface area contributed by atoms with Crippen molar-refractivity contribution in [1.29, 1.82) is 0 Å². The van der Waals surface area contributed by atoms with Gasteiger partial charge in [-0.2, -0.15) is 0 Å². The highest BCUT2D eigenvalue weighted by Crippen LogP contribution is 2.37. The maximum Gasteiger partial charge on any atom is 0.325 e. The van der Waals surface area contributed by atoms with Gasteiger partial charge >= 0.3 is 6.03 Å². The van der Waals surface area contributed by atoms with E-state index in [4.69, 9.17) is 4.74 Å². The standard InChI is InChI=1S/C21H29N3O3/c1-27-18-7-3-6-16(12-18)13-21(17-8-10-22-11-9-17)19(25)24(20(26)23-21)14-15-4-2-5-15/h3,6-7,12,15,17,22H,2,4-5,8-11,13-14H2,1H3,(H,23,26)/t21-/m0/s1. The highest BCUT2D eigenvalue weighted by atomic mass is 16.5. The van der Waals surface area contributed by atoms with E-state index in [2.05, 4.69) is 10.6 Å². The third kappa shape index (κ3) is 3.43. The summed E-state index contributed by atoms with van der Waals surface area (Å²) in [6, 6.07) is 7.61. The molecule has 1 aliphatic carbocycles. The Kier molecular flexibility index (Phi) is 5.08. The summed E-state index contributed by atoms with van der Waals surface area (Å²) in [6.45, 7) is 2.34. The normalized spacial score (nSPS) is 26.8. The van der Waals surface area contributed by atoms with Crippen molar-refractivity contribution in [2.75, 3.05) is 26.7 Å². The number of ether oxygens (including phenoxy) is 1. The zero-order valence-electron chi connectivity index (χ0n) is 16.0. The van der Waals surface area contributed by atoms with Crippen LogP contribution in [-0.4, -0.2) is 49.1 Å². The average Bonchev–Trinajstić information content (AvgIpc) is 2.90. The number of carbonyl (C=O) groups is 2. The van der Waals surface area contributed by atoms with E-state index >= 15 is 0 Å². The number of urea groups is 1. The molecule has 2 saturated heterocycles. The summed E-state index contributed by atoms with van der Waals surface area (Å²) >= 11 is 0. The van der Waals surface area contributed by atoms with Crippen LogP contribution in [-0.2, 0) is 11.2 Å². The molecule has 4 rings (SSSR count). The second-order valence-electron chi connectivity index (χ2n) is 8.17. The summed E-state index contributed by atoms with van der Waals surface area (Å²) in [6.07, 6.45) is 5.75. The molecule has 1 saturated carbocycles. The van der Waals surface area contributed by atoms with Gasteiger partial charge in [0.1, 0.15) is 11.3 Å². The first-order valence-electron chi connectivity index (χ1n) is 10.1. The molecule has 0 aromatic heterocycles. The summed E-state index contributed by atoms with van der Waals surface area (Å²) in [5.74, 6) is 1.36. The van der Waals surface area contributed by atoms with E-state index in [-0.39, 0.29) is 17.9 Å². The predicted molar refractivity (Wildman–Crippen MR) is 103 cm³/mol. The zero-order chi connectivity index (χ0) is 18.9. The molecular weight excluding hydrogens is 342 g/mol. The Bertz CT molecular complexity index is 712. The first kappa shape index (κ1) is 18.3. The smallest absolute Gasteiger partial charge is 0.325 e. The van der Waals surface area contributed by atoms with Gasteiger partial charge in [0.2, 0.25) is 0 Å². The van der Waals surface area contributed by atoms with Crippen LogP contribution in [0.1, 0.15) is 37.7 Å². The van der Waals surface area contributed by atoms with E-state index in [1.165, 1.54) is 11.3 Å². The van der Waals surface area contributed by atoms with E-state index in [1.54, 1.807) is 7.11 Å². The van der Waals surface area contributed by atoms with Gasteiger partial charge in [-0.1, -0.05) is 18.6 Å². The Morgan fingerprint density at radius 2 is 1.96 bits per heavy atom. The van der Waals surface area contributed by atoms with Gasteiger partial charge in [-0.05, 0) is 68.3 Å². The number of piperidine rings is 1. The van der Waals surface area contributed by atoms with Crippen LogP contribution in [0.2, 0.25) is 0 Å². The summed E-state index contributed by atoms with van der Waals surface area (Å²) in [5.41, 5.74) is 0.182. The molecule has 6 heteroatoms. The van der Waals surface area contributed by atoms with Gasteiger partial charge in [0.15, 0.2) is 0 Å². The summed E-state index contributed by atoms with van der Waals surface area (Å²) in [7, 11) is 1.64. The molecule has 1 aromatic rings. The number of hydrogen-bond acceptors (Lipinski definition) is 4. The van der Waals surface area contributed by atoms with Gasteiger partial charge in [-0.15, -0.1) is 0 Å². The summed E-state index contributed by atoms with van der Waals surface area (Å²) in [4.78, 5) is 27.8. The van der Waals surface area contributed by atoms with Crippen LogP contribution in [0.15, 0.2) is 24.3 Å². The van der Waals surface area contributed by atoms with Crippen LogP contribution < -0.4 is 15.4 Å². The number of rotatable bonds is 6. The van der Waals surface area contributed by atoms with Crippen molar-refractivity contribution >= 4 is 11.9 Å². The summed E-state index contributed by atoms with van der Waals surface area (Å²) < 4.78 is 5.35. The van der Waals surface area contributed by atoms with Gasteiger partial charge in [0, 0.05) is 13.0 Å². The van der Waals surface area contributed by atoms with Crippen molar-refractivity contribution in [1.82, 2.24) is 15.5 Å². The molecule has 0 spiro atoms. The molecule has 3 amide bonds. The molecular formula is C21H29N3O3. The molecule has 3 aliphatic rings. The molecule has 1 atom stereocenters. The van der Waals surface area contributed by atoms with E-state index in [9.17, 15) is 9.59 Å². The monoisotopic (exact) mass is 371 g/mol. The molecule has 1 aromatic carbocycles. The SMILES string of the molecule is COc1cccc(C[C@@]2(C3CCNCC3)NC(=O)N(CC3CCC3)C2=O)c1. The molecule has 0 radical (unpaired) electrons. The second-order valence-corrected chi connectivity index (χ2v) is 8.17. The molecule has 3 fully saturated rings. The van der Waals surface area contributed by atoms with Gasteiger partial charge in [-0.25, -0.2) is 4.79 Å². The van der Waals surface area contributed by atoms with Gasteiger partial charge in [0.05, 0.1) is 7.11 Å². The molecule has 146 valence electrons. The van der Waals surface area contributed by atoms with E-state index < -0.39 is 5.54 Å². The lowest BCUT2D eigenvalue weighted by atomic mass is 9.74. The Hall–Kier alpha value is -2.08. The number of methoxy groups -OCH3 is 1. The predicted octanol–water partition coefficient (Wildman–Crippen LogP) is 2.33. The van der Waals surface area contributed by atoms with Crippen LogP contribution in [0.3, 0.4) is 0 Å². The lowest BCUT2D eigenvalue weighted by molar-refractivity contribution is -0.134. The molecule has 2 N–H and O–H groups in total. The van der Waals surface area contributed by atoms with Crippen LogP contribution in [0.25, 0.3) is 0 Å². The maximum absolute atomic E-state index is 13.6. The number of amides is 3. The molecule has 6 nitrogen and oxygen atoms in total. The number of nitrogens with one attached hydrogen (secondary N) is 2. The minimum Gasteiger partial charge on any atom is -0.497 e. The third-order valence-corrected chi connectivity index (χ3v) is 6.52. The van der Waals surface area contributed by atoms with Crippen LogP contribution in [0, 0.1) is 11.8 Å². The number of hydrogen-bond donors (Lipinski definition) is 2. The maximum atomic E-state index is 13.6. The van der Waals surface area contributed by atoms with E-state index in [0.717, 1.165) is 50.1 Å². The lowest BCUT2D eigenvalue weighted by Gasteiger charge is -2.38. The Labute approximate surface area is 160 Å². The quantitative estimate of drug-likeness (QED) is 0.753. The van der Waals surface area contributed by atoms with Gasteiger partial charge < -0.3 is 15.4 Å². The molecule has 0 bridgehead atoms. The van der Waals surface area contributed by atoms with Crippen molar-refractivity contribution < 1.29 is 14.3 Å². The number of benzene rings is 1. The van der Waals surface area contributed by atoms with Gasteiger partial charge in [-0.3, -0.25) is 9.69 Å². The van der Waals surface area contributed by atoms with Crippen molar-refractivity contribution in [2.24, 2.45) is 11.8 Å². The minimum absolute atomic E-state index is 0.0332. The molecule has 0 unspecified atom stereocenters. The zero-order valence-corrected chi connectivity index (χ0v) is 16.0. The third-order valence-electron chi connectivity index (χ3n) is 6.52. The fraction of sp³-hybridized carbons (Fsp3) is 0.619. The van der Waals surface area contributed by atoms with Crippen molar-refractivity contribution in [3.8, 4) is 5.75 Å². The van der Waals surface area contributed by atoms with Gasteiger partial charge in [0.25, 0.3) is 5.91 Å². The Balaban J connectivity index is 1.63. The molecule has 2 heterocycles. The highest BCUT2D eigenvalue weighted by Gasteiger charge is 2.55. The number of imide groups is 1. The second kappa shape index (κ2) is 7.50. The van der Waals surface area contributed by atoms with Crippen LogP contribution >= 0.6 is 0 Å². The van der Waals surface area contributed by atoms with Crippen LogP contribution in [0.4, 0.5) is 4.79 Å². The summed E-state index contributed by atoms with van der Waals surface area (Å²) in [5, 5.41) is 6.51. The first-order valence-corrected chi connectivity index (χ1v) is 10.1. The number of nitrogens with zero attached hydrogens (tertiary/aromatic N) is 1. The lowest BCUT2D eigenvalue weighted by Crippen LogP contribution is -2.57. The van der Waals surface area contributed by atoms with Crippen molar-refractivity contribution in [2.45, 2.75) is 44.1 Å².